The molecule has 0 saturated carbocycles. The number of carbonyl (C=O) groups is 2. The highest BCUT2D eigenvalue weighted by molar-refractivity contribution is 6.17. The van der Waals surface area contributed by atoms with Crippen LogP contribution in [0.5, 0.6) is 0 Å². The second kappa shape index (κ2) is 10.5. The summed E-state index contributed by atoms with van der Waals surface area (Å²) in [5.74, 6) is -0.0640. The number of nitrogens with one attached hydrogen (secondary N) is 3. The number of nitrogens with zero attached hydrogens (tertiary/aromatic N) is 1. The van der Waals surface area contributed by atoms with Crippen LogP contribution in [0.3, 0.4) is 0 Å². The van der Waals surface area contributed by atoms with E-state index in [0.717, 1.165) is 88.5 Å². The van der Waals surface area contributed by atoms with Crippen molar-refractivity contribution in [3.8, 4) is 11.1 Å². The number of amides is 2. The van der Waals surface area contributed by atoms with Gasteiger partial charge < -0.3 is 20.9 Å². The van der Waals surface area contributed by atoms with Crippen LogP contribution in [0.1, 0.15) is 32.6 Å². The summed E-state index contributed by atoms with van der Waals surface area (Å²) in [6.45, 7) is 7.74. The quantitative estimate of drug-likeness (QED) is 0.281. The van der Waals surface area contributed by atoms with E-state index >= 15 is 0 Å². The van der Waals surface area contributed by atoms with Gasteiger partial charge in [0.15, 0.2) is 0 Å². The lowest BCUT2D eigenvalue weighted by molar-refractivity contribution is -0.120. The number of benzene rings is 4. The number of rotatable bonds is 6. The summed E-state index contributed by atoms with van der Waals surface area (Å²) < 4.78 is 0. The third kappa shape index (κ3) is 4.77. The van der Waals surface area contributed by atoms with Gasteiger partial charge in [0.1, 0.15) is 6.04 Å². The van der Waals surface area contributed by atoms with E-state index in [1.165, 1.54) is 0 Å². The summed E-state index contributed by atoms with van der Waals surface area (Å²) in [4.78, 5) is 29.0. The standard InChI is InChI=1S/C33H34N4O2/c1-21(2)37-20-8-14-29(37)33(39)36-27-18-16-23-10-4-6-12-25(23)31(27)30-24-11-5-3-9-22(24)15-17-26(30)35-32(38)28-13-7-19-34-28/h3-6,9-12,15-18,28-29,34H,1,7-8,13-14,19-20H2,2H3,(H,35,38)(H,36,39)/t28-,29-/m0/s1. The van der Waals surface area contributed by atoms with E-state index in [-0.39, 0.29) is 23.9 Å². The fraction of sp³-hybridized carbons (Fsp3) is 0.273. The molecule has 198 valence electrons. The Balaban J connectivity index is 1.52. The van der Waals surface area contributed by atoms with Crippen LogP contribution in [0.4, 0.5) is 11.4 Å². The van der Waals surface area contributed by atoms with Gasteiger partial charge in [-0.05, 0) is 72.8 Å². The lowest BCUT2D eigenvalue weighted by Gasteiger charge is -2.27. The number of hydrogen-bond acceptors (Lipinski definition) is 4. The Bertz CT molecular complexity index is 1590. The Morgan fingerprint density at radius 3 is 1.95 bits per heavy atom. The number of allylic oxidation sites excluding steroid dienone is 1. The summed E-state index contributed by atoms with van der Waals surface area (Å²) in [5, 5.41) is 14.0. The Kier molecular flexibility index (Phi) is 6.79. The van der Waals surface area contributed by atoms with Crippen LogP contribution in [0.15, 0.2) is 85.1 Å². The van der Waals surface area contributed by atoms with Crippen molar-refractivity contribution in [3.63, 3.8) is 0 Å². The minimum atomic E-state index is -0.248. The Labute approximate surface area is 229 Å². The summed E-state index contributed by atoms with van der Waals surface area (Å²) in [6.07, 6.45) is 3.57. The number of hydrogen-bond donors (Lipinski definition) is 3. The number of likely N-dealkylation sites (tertiary alicyclic amines) is 1. The van der Waals surface area contributed by atoms with Gasteiger partial charge in [-0.15, -0.1) is 0 Å². The number of carbonyl (C=O) groups excluding carboxylic acids is 2. The van der Waals surface area contributed by atoms with Crippen molar-refractivity contribution in [2.75, 3.05) is 23.7 Å². The van der Waals surface area contributed by atoms with E-state index in [1.54, 1.807) is 0 Å². The molecule has 4 aromatic rings. The zero-order valence-corrected chi connectivity index (χ0v) is 22.3. The van der Waals surface area contributed by atoms with Gasteiger partial charge in [-0.25, -0.2) is 0 Å². The number of anilines is 2. The molecule has 2 heterocycles. The maximum absolute atomic E-state index is 13.7. The minimum Gasteiger partial charge on any atom is -0.364 e. The minimum absolute atomic E-state index is 0.0297. The van der Waals surface area contributed by atoms with E-state index in [2.05, 4.69) is 51.7 Å². The maximum atomic E-state index is 13.7. The third-order valence-corrected chi connectivity index (χ3v) is 8.05. The van der Waals surface area contributed by atoms with Crippen LogP contribution in [0.2, 0.25) is 0 Å². The zero-order valence-electron chi connectivity index (χ0n) is 22.3. The molecular weight excluding hydrogens is 484 g/mol. The molecule has 0 aromatic heterocycles. The third-order valence-electron chi connectivity index (χ3n) is 8.05. The topological polar surface area (TPSA) is 73.5 Å². The molecule has 2 aliphatic heterocycles. The van der Waals surface area contributed by atoms with Crippen molar-refractivity contribution in [1.82, 2.24) is 10.2 Å². The first kappa shape index (κ1) is 25.1. The Hall–Kier alpha value is -4.16. The molecule has 0 aliphatic carbocycles. The molecule has 0 unspecified atom stereocenters. The molecule has 6 nitrogen and oxygen atoms in total. The predicted molar refractivity (Wildman–Crippen MR) is 160 cm³/mol. The molecular formula is C33H34N4O2. The average Bonchev–Trinajstić information content (AvgIpc) is 3.66. The highest BCUT2D eigenvalue weighted by atomic mass is 16.2. The van der Waals surface area contributed by atoms with E-state index < -0.39 is 0 Å². The van der Waals surface area contributed by atoms with Crippen molar-refractivity contribution in [3.05, 3.63) is 85.1 Å². The van der Waals surface area contributed by atoms with Gasteiger partial charge in [-0.1, -0.05) is 67.2 Å². The van der Waals surface area contributed by atoms with Gasteiger partial charge in [0.2, 0.25) is 11.8 Å². The molecule has 0 bridgehead atoms. The SMILES string of the molecule is C=C(C)N1CCC[C@H]1C(=O)Nc1ccc2ccccc2c1-c1c(NC(=O)[C@@H]2CCCN2)ccc2ccccc12. The van der Waals surface area contributed by atoms with Gasteiger partial charge in [-0.3, -0.25) is 9.59 Å². The zero-order chi connectivity index (χ0) is 26.9. The Morgan fingerprint density at radius 2 is 1.38 bits per heavy atom. The molecule has 2 amide bonds. The average molecular weight is 519 g/mol. The van der Waals surface area contributed by atoms with E-state index in [0.29, 0.717) is 0 Å². The fourth-order valence-corrected chi connectivity index (χ4v) is 6.13. The molecule has 0 spiro atoms. The van der Waals surface area contributed by atoms with Crippen molar-refractivity contribution < 1.29 is 9.59 Å². The smallest absolute Gasteiger partial charge is 0.247 e. The second-order valence-corrected chi connectivity index (χ2v) is 10.6. The van der Waals surface area contributed by atoms with E-state index in [9.17, 15) is 9.59 Å². The summed E-state index contributed by atoms with van der Waals surface area (Å²) >= 11 is 0. The van der Waals surface area contributed by atoms with Crippen LogP contribution in [0, 0.1) is 0 Å². The molecule has 6 rings (SSSR count). The lowest BCUT2D eigenvalue weighted by atomic mass is 9.90. The van der Waals surface area contributed by atoms with Gasteiger partial charge >= 0.3 is 0 Å². The lowest BCUT2D eigenvalue weighted by Crippen LogP contribution is -2.38. The highest BCUT2D eigenvalue weighted by Gasteiger charge is 2.31. The highest BCUT2D eigenvalue weighted by Crippen LogP contribution is 2.44. The van der Waals surface area contributed by atoms with Gasteiger partial charge in [0, 0.05) is 34.7 Å². The summed E-state index contributed by atoms with van der Waals surface area (Å²) in [5.41, 5.74) is 4.20. The first-order valence-electron chi connectivity index (χ1n) is 13.8. The predicted octanol–water partition coefficient (Wildman–Crippen LogP) is 6.29. The largest absolute Gasteiger partial charge is 0.364 e. The van der Waals surface area contributed by atoms with Crippen molar-refractivity contribution in [2.45, 2.75) is 44.7 Å². The molecule has 3 N–H and O–H groups in total. The monoisotopic (exact) mass is 518 g/mol. The first-order chi connectivity index (χ1) is 19.0. The molecule has 6 heteroatoms. The van der Waals surface area contributed by atoms with E-state index in [1.807, 2.05) is 55.5 Å². The van der Waals surface area contributed by atoms with Crippen molar-refractivity contribution in [1.29, 1.82) is 0 Å². The van der Waals surface area contributed by atoms with Gasteiger partial charge in [0.05, 0.1) is 6.04 Å². The second-order valence-electron chi connectivity index (χ2n) is 10.6. The molecule has 4 aromatic carbocycles. The molecule has 2 atom stereocenters. The van der Waals surface area contributed by atoms with Crippen LogP contribution >= 0.6 is 0 Å². The summed E-state index contributed by atoms with van der Waals surface area (Å²) in [7, 11) is 0. The fourth-order valence-electron chi connectivity index (χ4n) is 6.13. The molecule has 2 fully saturated rings. The van der Waals surface area contributed by atoms with Crippen LogP contribution in [-0.2, 0) is 9.59 Å². The van der Waals surface area contributed by atoms with Crippen LogP contribution < -0.4 is 16.0 Å². The van der Waals surface area contributed by atoms with Crippen LogP contribution in [-0.4, -0.2) is 41.9 Å². The Morgan fingerprint density at radius 1 is 0.795 bits per heavy atom. The summed E-state index contributed by atoms with van der Waals surface area (Å²) in [6, 6.07) is 24.0. The number of fused-ring (bicyclic) bond motifs is 2. The molecule has 2 saturated heterocycles. The first-order valence-corrected chi connectivity index (χ1v) is 13.8. The molecule has 2 aliphatic rings. The van der Waals surface area contributed by atoms with Crippen molar-refractivity contribution in [2.24, 2.45) is 0 Å². The molecule has 39 heavy (non-hydrogen) atoms. The van der Waals surface area contributed by atoms with Gasteiger partial charge in [0.25, 0.3) is 0 Å². The maximum Gasteiger partial charge on any atom is 0.247 e. The molecule has 0 radical (unpaired) electrons. The van der Waals surface area contributed by atoms with E-state index in [4.69, 9.17) is 0 Å². The van der Waals surface area contributed by atoms with Crippen LogP contribution in [0.25, 0.3) is 32.7 Å². The normalized spacial score (nSPS) is 18.9. The van der Waals surface area contributed by atoms with Gasteiger partial charge in [-0.2, -0.15) is 0 Å². The van der Waals surface area contributed by atoms with Crippen molar-refractivity contribution >= 4 is 44.7 Å².